The van der Waals surface area contributed by atoms with Gasteiger partial charge in [-0.15, -0.1) is 0 Å². The van der Waals surface area contributed by atoms with Crippen molar-refractivity contribution in [3.63, 3.8) is 0 Å². The third kappa shape index (κ3) is 4.49. The summed E-state index contributed by atoms with van der Waals surface area (Å²) in [4.78, 5) is 20.8. The SMILES string of the molecule is C=CC(C)(C)OC(=O)CC(=O)O. The number of carbonyl (C=O) groups excluding carboxylic acids is 1. The average Bonchev–Trinajstić information content (AvgIpc) is 1.84. The lowest BCUT2D eigenvalue weighted by molar-refractivity contribution is -0.157. The maximum Gasteiger partial charge on any atom is 0.317 e. The second-order valence-electron chi connectivity index (χ2n) is 2.85. The van der Waals surface area contributed by atoms with Gasteiger partial charge in [-0.05, 0) is 19.9 Å². The van der Waals surface area contributed by atoms with Crippen LogP contribution in [0, 0.1) is 0 Å². The monoisotopic (exact) mass is 172 g/mol. The highest BCUT2D eigenvalue weighted by molar-refractivity contribution is 5.90. The van der Waals surface area contributed by atoms with Crippen LogP contribution in [-0.2, 0) is 14.3 Å². The Hall–Kier alpha value is -1.32. The van der Waals surface area contributed by atoms with E-state index >= 15 is 0 Å². The molecule has 0 aromatic carbocycles. The van der Waals surface area contributed by atoms with Gasteiger partial charge in [-0.25, -0.2) is 0 Å². The number of carboxylic acids is 1. The molecule has 0 bridgehead atoms. The zero-order valence-corrected chi connectivity index (χ0v) is 7.16. The van der Waals surface area contributed by atoms with E-state index < -0.39 is 24.0 Å². The predicted octanol–water partition coefficient (Wildman–Crippen LogP) is 0.969. The van der Waals surface area contributed by atoms with Crippen molar-refractivity contribution in [1.82, 2.24) is 0 Å². The number of carboxylic acid groups (broad SMARTS) is 1. The lowest BCUT2D eigenvalue weighted by atomic mass is 10.1. The van der Waals surface area contributed by atoms with Crippen molar-refractivity contribution in [2.45, 2.75) is 25.9 Å². The van der Waals surface area contributed by atoms with Crippen molar-refractivity contribution in [2.75, 3.05) is 0 Å². The fourth-order valence-electron chi connectivity index (χ4n) is 0.495. The first-order valence-corrected chi connectivity index (χ1v) is 3.44. The Morgan fingerprint density at radius 1 is 1.58 bits per heavy atom. The van der Waals surface area contributed by atoms with Crippen LogP contribution in [0.1, 0.15) is 20.3 Å². The quantitative estimate of drug-likeness (QED) is 0.390. The normalized spacial score (nSPS) is 10.5. The Morgan fingerprint density at radius 3 is 2.42 bits per heavy atom. The molecule has 0 aliphatic heterocycles. The molecule has 0 atom stereocenters. The number of esters is 1. The van der Waals surface area contributed by atoms with Crippen LogP contribution in [0.25, 0.3) is 0 Å². The standard InChI is InChI=1S/C8H12O4/c1-4-8(2,3)12-7(11)5-6(9)10/h4H,1,5H2,2-3H3,(H,9,10). The van der Waals surface area contributed by atoms with Crippen molar-refractivity contribution in [3.8, 4) is 0 Å². The zero-order valence-electron chi connectivity index (χ0n) is 7.16. The van der Waals surface area contributed by atoms with Crippen molar-refractivity contribution in [1.29, 1.82) is 0 Å². The van der Waals surface area contributed by atoms with Crippen LogP contribution in [-0.4, -0.2) is 22.6 Å². The van der Waals surface area contributed by atoms with Gasteiger partial charge in [0.25, 0.3) is 0 Å². The molecule has 0 amide bonds. The van der Waals surface area contributed by atoms with E-state index in [2.05, 4.69) is 6.58 Å². The molecule has 0 saturated heterocycles. The highest BCUT2D eigenvalue weighted by Crippen LogP contribution is 2.10. The van der Waals surface area contributed by atoms with Crippen molar-refractivity contribution < 1.29 is 19.4 Å². The van der Waals surface area contributed by atoms with Crippen LogP contribution in [0.3, 0.4) is 0 Å². The second kappa shape index (κ2) is 3.90. The summed E-state index contributed by atoms with van der Waals surface area (Å²) in [6.45, 7) is 6.69. The van der Waals surface area contributed by atoms with Gasteiger partial charge in [0.15, 0.2) is 0 Å². The lowest BCUT2D eigenvalue weighted by Gasteiger charge is -2.19. The largest absolute Gasteiger partial charge is 0.481 e. The number of hydrogen-bond acceptors (Lipinski definition) is 3. The number of hydrogen-bond donors (Lipinski definition) is 1. The van der Waals surface area contributed by atoms with E-state index in [0.29, 0.717) is 0 Å². The van der Waals surface area contributed by atoms with Crippen LogP contribution in [0.5, 0.6) is 0 Å². The lowest BCUT2D eigenvalue weighted by Crippen LogP contribution is -2.26. The first-order chi connectivity index (χ1) is 5.37. The molecule has 0 aliphatic carbocycles. The minimum atomic E-state index is -1.19. The number of carbonyl (C=O) groups is 2. The van der Waals surface area contributed by atoms with Crippen LogP contribution in [0.15, 0.2) is 12.7 Å². The Kier molecular flexibility index (Phi) is 3.47. The fourth-order valence-corrected chi connectivity index (χ4v) is 0.495. The Morgan fingerprint density at radius 2 is 2.08 bits per heavy atom. The summed E-state index contributed by atoms with van der Waals surface area (Å²) in [5.74, 6) is -1.95. The van der Waals surface area contributed by atoms with E-state index in [1.807, 2.05) is 0 Å². The van der Waals surface area contributed by atoms with Crippen molar-refractivity contribution >= 4 is 11.9 Å². The molecule has 0 aromatic heterocycles. The van der Waals surface area contributed by atoms with Gasteiger partial charge in [0, 0.05) is 0 Å². The van der Waals surface area contributed by atoms with E-state index in [1.54, 1.807) is 13.8 Å². The first-order valence-electron chi connectivity index (χ1n) is 3.44. The molecule has 0 fully saturated rings. The summed E-state index contributed by atoms with van der Waals surface area (Å²) in [6.07, 6.45) is 0.823. The molecule has 0 rings (SSSR count). The highest BCUT2D eigenvalue weighted by atomic mass is 16.6. The van der Waals surface area contributed by atoms with Crippen molar-refractivity contribution in [2.24, 2.45) is 0 Å². The van der Waals surface area contributed by atoms with E-state index in [-0.39, 0.29) is 0 Å². The Balaban J connectivity index is 4.00. The maximum atomic E-state index is 10.8. The minimum absolute atomic E-state index is 0.614. The Labute approximate surface area is 70.8 Å². The molecular formula is C8H12O4. The van der Waals surface area contributed by atoms with Gasteiger partial charge in [0.2, 0.25) is 0 Å². The molecule has 0 saturated carbocycles. The van der Waals surface area contributed by atoms with E-state index in [4.69, 9.17) is 9.84 Å². The summed E-state index contributed by atoms with van der Waals surface area (Å²) in [5, 5.41) is 8.23. The molecule has 0 heterocycles. The number of rotatable bonds is 4. The topological polar surface area (TPSA) is 63.6 Å². The summed E-state index contributed by atoms with van der Waals surface area (Å²) < 4.78 is 4.76. The molecule has 4 nitrogen and oxygen atoms in total. The molecule has 0 aromatic rings. The summed E-state index contributed by atoms with van der Waals surface area (Å²) in [6, 6.07) is 0. The molecule has 0 spiro atoms. The third-order valence-electron chi connectivity index (χ3n) is 1.16. The van der Waals surface area contributed by atoms with Gasteiger partial charge >= 0.3 is 11.9 Å². The molecular weight excluding hydrogens is 160 g/mol. The zero-order chi connectivity index (χ0) is 9.78. The van der Waals surface area contributed by atoms with Gasteiger partial charge in [-0.3, -0.25) is 9.59 Å². The second-order valence-corrected chi connectivity index (χ2v) is 2.85. The number of ether oxygens (including phenoxy) is 1. The van der Waals surface area contributed by atoms with Gasteiger partial charge in [-0.1, -0.05) is 6.58 Å². The predicted molar refractivity (Wildman–Crippen MR) is 42.6 cm³/mol. The van der Waals surface area contributed by atoms with Gasteiger partial charge in [-0.2, -0.15) is 0 Å². The van der Waals surface area contributed by atoms with Crippen molar-refractivity contribution in [3.05, 3.63) is 12.7 Å². The summed E-state index contributed by atoms with van der Waals surface area (Å²) in [5.41, 5.74) is -0.799. The van der Waals surface area contributed by atoms with Crippen LogP contribution in [0.4, 0.5) is 0 Å². The highest BCUT2D eigenvalue weighted by Gasteiger charge is 2.19. The molecule has 1 N–H and O–H groups in total. The molecule has 0 unspecified atom stereocenters. The molecule has 12 heavy (non-hydrogen) atoms. The van der Waals surface area contributed by atoms with Gasteiger partial charge in [0.1, 0.15) is 12.0 Å². The fraction of sp³-hybridized carbons (Fsp3) is 0.500. The Bertz CT molecular complexity index is 205. The van der Waals surface area contributed by atoms with Crippen LogP contribution < -0.4 is 0 Å². The molecule has 68 valence electrons. The molecule has 4 heteroatoms. The van der Waals surface area contributed by atoms with Crippen LogP contribution in [0.2, 0.25) is 0 Å². The maximum absolute atomic E-state index is 10.8. The number of aliphatic carboxylic acids is 1. The smallest absolute Gasteiger partial charge is 0.317 e. The van der Waals surface area contributed by atoms with Crippen LogP contribution >= 0.6 is 0 Å². The third-order valence-corrected chi connectivity index (χ3v) is 1.16. The molecule has 0 radical (unpaired) electrons. The summed E-state index contributed by atoms with van der Waals surface area (Å²) in [7, 11) is 0. The summed E-state index contributed by atoms with van der Waals surface area (Å²) >= 11 is 0. The average molecular weight is 172 g/mol. The minimum Gasteiger partial charge on any atom is -0.481 e. The van der Waals surface area contributed by atoms with E-state index in [9.17, 15) is 9.59 Å². The van der Waals surface area contributed by atoms with Gasteiger partial charge in [0.05, 0.1) is 0 Å². The molecule has 0 aliphatic rings. The van der Waals surface area contributed by atoms with E-state index in [1.165, 1.54) is 6.08 Å². The van der Waals surface area contributed by atoms with E-state index in [0.717, 1.165) is 0 Å². The first kappa shape index (κ1) is 10.7. The van der Waals surface area contributed by atoms with Gasteiger partial charge < -0.3 is 9.84 Å².